The van der Waals surface area contributed by atoms with Gasteiger partial charge in [-0.15, -0.1) is 0 Å². The van der Waals surface area contributed by atoms with Crippen molar-refractivity contribution in [2.45, 2.75) is 38.7 Å². The normalized spacial score (nSPS) is 11.8. The summed E-state index contributed by atoms with van der Waals surface area (Å²) in [6, 6.07) is 6.66. The Balaban J connectivity index is 0.000000248. The van der Waals surface area contributed by atoms with Crippen LogP contribution >= 0.6 is 0 Å². The summed E-state index contributed by atoms with van der Waals surface area (Å²) < 4.78 is 109. The van der Waals surface area contributed by atoms with Crippen LogP contribution in [0.5, 0.6) is 0 Å². The maximum Gasteiger partial charge on any atom is 0.435 e. The van der Waals surface area contributed by atoms with Gasteiger partial charge in [0, 0.05) is 23.5 Å². The minimum Gasteiger partial charge on any atom is -0.444 e. The molecule has 0 unspecified atom stereocenters. The van der Waals surface area contributed by atoms with Crippen LogP contribution in [-0.2, 0) is 17.1 Å². The van der Waals surface area contributed by atoms with Crippen LogP contribution < -0.4 is 11.1 Å². The number of nitrogens with zero attached hydrogens (tertiary/aromatic N) is 4. The lowest BCUT2D eigenvalue weighted by Crippen LogP contribution is -2.28. The molecule has 0 aromatic carbocycles. The number of hydrogen-bond donors (Lipinski definition) is 2. The SMILES string of the molecule is CC(C)(C)OC(=O)Nc1ccc(-c2cncc(F)c2)nc1C(F)(F)F.Nc1ccc(-c2cncc(F)c2)nc1C(F)(F)F. The van der Waals surface area contributed by atoms with Gasteiger partial charge in [0.05, 0.1) is 35.2 Å². The third-order valence-electron chi connectivity index (χ3n) is 5.00. The molecule has 16 heteroatoms. The Kier molecular flexibility index (Phi) is 9.52. The van der Waals surface area contributed by atoms with Gasteiger partial charge >= 0.3 is 18.4 Å². The fourth-order valence-electron chi connectivity index (χ4n) is 3.31. The van der Waals surface area contributed by atoms with Crippen LogP contribution in [0.1, 0.15) is 32.2 Å². The number of rotatable bonds is 3. The van der Waals surface area contributed by atoms with Crippen LogP contribution in [0.4, 0.5) is 51.3 Å². The number of alkyl halides is 6. The molecule has 0 atom stereocenters. The molecular weight excluding hydrogens is 592 g/mol. The van der Waals surface area contributed by atoms with E-state index in [9.17, 15) is 39.9 Å². The standard InChI is InChI=1S/C16H15F4N3O2.C11H7F4N3/c1-15(2,3)25-14(24)23-12-5-4-11(22-13(12)16(18,19)20)9-6-10(17)8-21-7-9;12-7-3-6(4-17-5-7)9-2-1-8(16)10(18-9)11(13,14)15/h4-8H,1-3H3,(H,23,24);1-5H,16H2. The van der Waals surface area contributed by atoms with Gasteiger partial charge in [0.1, 0.15) is 17.2 Å². The second-order valence-corrected chi connectivity index (χ2v) is 9.63. The zero-order valence-electron chi connectivity index (χ0n) is 22.5. The Morgan fingerprint density at radius 3 is 1.65 bits per heavy atom. The monoisotopic (exact) mass is 614 g/mol. The molecule has 8 nitrogen and oxygen atoms in total. The fraction of sp³-hybridized carbons (Fsp3) is 0.222. The number of nitrogen functional groups attached to an aromatic ring is 1. The number of carbonyl (C=O) groups is 1. The topological polar surface area (TPSA) is 116 Å². The number of carbonyl (C=O) groups excluding carboxylic acids is 1. The molecule has 0 bridgehead atoms. The Bertz CT molecular complexity index is 1600. The lowest BCUT2D eigenvalue weighted by Gasteiger charge is -2.20. The van der Waals surface area contributed by atoms with Crippen molar-refractivity contribution in [3.8, 4) is 22.5 Å². The Hall–Kier alpha value is -4.89. The molecule has 0 saturated heterocycles. The minimum absolute atomic E-state index is 0.0384. The fourth-order valence-corrected chi connectivity index (χ4v) is 3.31. The van der Waals surface area contributed by atoms with Gasteiger partial charge in [0.15, 0.2) is 11.4 Å². The summed E-state index contributed by atoms with van der Waals surface area (Å²) in [6.45, 7) is 4.74. The number of anilines is 2. The highest BCUT2D eigenvalue weighted by atomic mass is 19.4. The van der Waals surface area contributed by atoms with Crippen molar-refractivity contribution in [3.05, 3.63) is 84.2 Å². The summed E-state index contributed by atoms with van der Waals surface area (Å²) in [5.74, 6) is -1.36. The quantitative estimate of drug-likeness (QED) is 0.229. The van der Waals surface area contributed by atoms with Crippen LogP contribution in [0.25, 0.3) is 22.5 Å². The largest absolute Gasteiger partial charge is 0.444 e. The van der Waals surface area contributed by atoms with E-state index in [1.807, 2.05) is 5.32 Å². The van der Waals surface area contributed by atoms with Crippen LogP contribution in [-0.4, -0.2) is 31.6 Å². The molecule has 0 fully saturated rings. The van der Waals surface area contributed by atoms with Gasteiger partial charge in [-0.3, -0.25) is 15.3 Å². The molecule has 0 aliphatic heterocycles. The zero-order chi connectivity index (χ0) is 32.2. The highest BCUT2D eigenvalue weighted by Gasteiger charge is 2.37. The first-order chi connectivity index (χ1) is 19.8. The van der Waals surface area contributed by atoms with E-state index in [-0.39, 0.29) is 22.5 Å². The van der Waals surface area contributed by atoms with E-state index in [4.69, 9.17) is 10.5 Å². The number of nitrogens with one attached hydrogen (secondary N) is 1. The van der Waals surface area contributed by atoms with Crippen molar-refractivity contribution in [1.29, 1.82) is 0 Å². The van der Waals surface area contributed by atoms with E-state index < -0.39 is 58.4 Å². The first-order valence-electron chi connectivity index (χ1n) is 12.0. The molecule has 0 saturated carbocycles. The molecule has 0 aliphatic carbocycles. The van der Waals surface area contributed by atoms with Gasteiger partial charge < -0.3 is 10.5 Å². The lowest BCUT2D eigenvalue weighted by molar-refractivity contribution is -0.141. The molecule has 4 heterocycles. The summed E-state index contributed by atoms with van der Waals surface area (Å²) >= 11 is 0. The van der Waals surface area contributed by atoms with Gasteiger partial charge in [-0.2, -0.15) is 26.3 Å². The summed E-state index contributed by atoms with van der Waals surface area (Å²) in [7, 11) is 0. The number of nitrogens with two attached hydrogens (primary N) is 1. The third kappa shape index (κ3) is 9.31. The maximum absolute atomic E-state index is 13.3. The number of pyridine rings is 4. The Morgan fingerprint density at radius 2 is 1.21 bits per heavy atom. The summed E-state index contributed by atoms with van der Waals surface area (Å²) in [6.07, 6.45) is -6.24. The van der Waals surface area contributed by atoms with Gasteiger partial charge in [-0.05, 0) is 57.2 Å². The molecule has 3 N–H and O–H groups in total. The highest BCUT2D eigenvalue weighted by molar-refractivity contribution is 5.86. The molecule has 228 valence electrons. The minimum atomic E-state index is -4.83. The third-order valence-corrected chi connectivity index (χ3v) is 5.00. The average molecular weight is 614 g/mol. The number of halogens is 8. The summed E-state index contributed by atoms with van der Waals surface area (Å²) in [5, 5.41) is 2.03. The van der Waals surface area contributed by atoms with Gasteiger partial charge in [-0.25, -0.2) is 23.5 Å². The van der Waals surface area contributed by atoms with E-state index in [0.717, 1.165) is 36.7 Å². The zero-order valence-corrected chi connectivity index (χ0v) is 22.5. The van der Waals surface area contributed by atoms with Crippen molar-refractivity contribution in [2.75, 3.05) is 11.1 Å². The van der Waals surface area contributed by atoms with Crippen LogP contribution in [0.15, 0.2) is 61.2 Å². The summed E-state index contributed by atoms with van der Waals surface area (Å²) in [4.78, 5) is 25.7. The number of hydrogen-bond acceptors (Lipinski definition) is 7. The van der Waals surface area contributed by atoms with Gasteiger partial charge in [0.25, 0.3) is 0 Å². The van der Waals surface area contributed by atoms with Crippen LogP contribution in [0.3, 0.4) is 0 Å². The molecular formula is C27H22F8N6O2. The van der Waals surface area contributed by atoms with Crippen molar-refractivity contribution >= 4 is 17.5 Å². The molecule has 43 heavy (non-hydrogen) atoms. The Morgan fingerprint density at radius 1 is 0.744 bits per heavy atom. The maximum atomic E-state index is 13.3. The predicted octanol–water partition coefficient (Wildman–Crippen LogP) is 7.53. The lowest BCUT2D eigenvalue weighted by atomic mass is 10.1. The molecule has 0 spiro atoms. The van der Waals surface area contributed by atoms with Crippen LogP contribution in [0.2, 0.25) is 0 Å². The molecule has 0 aliphatic rings. The van der Waals surface area contributed by atoms with Gasteiger partial charge in [0.2, 0.25) is 0 Å². The molecule has 4 aromatic heterocycles. The molecule has 4 rings (SSSR count). The number of amides is 1. The second-order valence-electron chi connectivity index (χ2n) is 9.63. The average Bonchev–Trinajstić information content (AvgIpc) is 2.87. The van der Waals surface area contributed by atoms with Crippen molar-refractivity contribution in [2.24, 2.45) is 0 Å². The van der Waals surface area contributed by atoms with Crippen LogP contribution in [0, 0.1) is 11.6 Å². The van der Waals surface area contributed by atoms with E-state index in [0.29, 0.717) is 0 Å². The first kappa shape index (κ1) is 32.6. The van der Waals surface area contributed by atoms with Crippen molar-refractivity contribution < 1.29 is 44.7 Å². The Labute approximate surface area is 239 Å². The number of ether oxygens (including phenoxy) is 1. The van der Waals surface area contributed by atoms with Gasteiger partial charge in [-0.1, -0.05) is 0 Å². The van der Waals surface area contributed by atoms with Crippen molar-refractivity contribution in [3.63, 3.8) is 0 Å². The molecule has 1 amide bonds. The summed E-state index contributed by atoms with van der Waals surface area (Å²) in [5.41, 5.74) is 0.855. The van der Waals surface area contributed by atoms with E-state index in [1.54, 1.807) is 20.8 Å². The predicted molar refractivity (Wildman–Crippen MR) is 139 cm³/mol. The second kappa shape index (κ2) is 12.5. The van der Waals surface area contributed by atoms with E-state index >= 15 is 0 Å². The van der Waals surface area contributed by atoms with E-state index in [2.05, 4.69) is 19.9 Å². The smallest absolute Gasteiger partial charge is 0.435 e. The molecule has 0 radical (unpaired) electrons. The van der Waals surface area contributed by atoms with E-state index in [1.165, 1.54) is 24.5 Å². The number of aromatic nitrogens is 4. The highest BCUT2D eigenvalue weighted by Crippen LogP contribution is 2.36. The first-order valence-corrected chi connectivity index (χ1v) is 12.0. The van der Waals surface area contributed by atoms with Crippen molar-refractivity contribution in [1.82, 2.24) is 19.9 Å². The molecule has 4 aromatic rings.